The molecule has 0 fully saturated rings. The predicted molar refractivity (Wildman–Crippen MR) is 106 cm³/mol. The van der Waals surface area contributed by atoms with Gasteiger partial charge >= 0.3 is 0 Å². The van der Waals surface area contributed by atoms with Crippen LogP contribution in [-0.4, -0.2) is 36.2 Å². The van der Waals surface area contributed by atoms with Gasteiger partial charge in [0.05, 0.1) is 0 Å². The third-order valence-corrected chi connectivity index (χ3v) is 4.44. The van der Waals surface area contributed by atoms with Gasteiger partial charge in [0.2, 0.25) is 0 Å². The van der Waals surface area contributed by atoms with Crippen LogP contribution in [0, 0.1) is 0 Å². The van der Waals surface area contributed by atoms with Crippen LogP contribution in [0.15, 0.2) is 53.0 Å². The first-order valence-electron chi connectivity index (χ1n) is 8.35. The summed E-state index contributed by atoms with van der Waals surface area (Å²) in [4.78, 5) is 2.31. The van der Waals surface area contributed by atoms with Crippen molar-refractivity contribution in [1.29, 1.82) is 0 Å². The van der Waals surface area contributed by atoms with E-state index in [0.717, 1.165) is 42.1 Å². The average Bonchev–Trinajstić information content (AvgIpc) is 2.61. The van der Waals surface area contributed by atoms with Crippen LogP contribution >= 0.6 is 23.2 Å². The van der Waals surface area contributed by atoms with Crippen molar-refractivity contribution in [1.82, 2.24) is 4.90 Å². The Bertz CT molecular complexity index is 689. The molecule has 0 radical (unpaired) electrons. The minimum absolute atomic E-state index is 0.181. The van der Waals surface area contributed by atoms with Crippen molar-refractivity contribution in [2.24, 2.45) is 0 Å². The third kappa shape index (κ3) is 5.67. The molecule has 134 valence electrons. The van der Waals surface area contributed by atoms with E-state index in [1.54, 1.807) is 24.3 Å². The van der Waals surface area contributed by atoms with Crippen molar-refractivity contribution >= 4 is 28.8 Å². The highest BCUT2D eigenvalue weighted by molar-refractivity contribution is 6.59. The lowest BCUT2D eigenvalue weighted by Crippen LogP contribution is -2.27. The topological polar surface area (TPSA) is 32.7 Å². The molecule has 2 aromatic rings. The number of phenols is 1. The molecule has 0 saturated heterocycles. The molecule has 0 unspecified atom stereocenters. The van der Waals surface area contributed by atoms with Gasteiger partial charge < -0.3 is 14.7 Å². The van der Waals surface area contributed by atoms with Crippen molar-refractivity contribution in [3.05, 3.63) is 64.1 Å². The number of nitrogens with zero attached hydrogens (tertiary/aromatic N) is 1. The fourth-order valence-corrected chi connectivity index (χ4v) is 3.00. The first-order valence-corrected chi connectivity index (χ1v) is 9.11. The van der Waals surface area contributed by atoms with E-state index in [-0.39, 0.29) is 10.2 Å². The Hall–Kier alpha value is -1.68. The number of benzene rings is 2. The molecule has 25 heavy (non-hydrogen) atoms. The summed E-state index contributed by atoms with van der Waals surface area (Å²) in [7, 11) is 0. The molecule has 0 spiro atoms. The predicted octanol–water partition coefficient (Wildman–Crippen LogP) is 5.31. The number of halogens is 2. The molecule has 3 nitrogen and oxygen atoms in total. The van der Waals surface area contributed by atoms with Gasteiger partial charge in [-0.3, -0.25) is 0 Å². The van der Waals surface area contributed by atoms with Gasteiger partial charge in [-0.1, -0.05) is 61.3 Å². The second-order valence-electron chi connectivity index (χ2n) is 5.58. The fraction of sp³-hybridized carbons (Fsp3) is 0.300. The second kappa shape index (κ2) is 9.71. The van der Waals surface area contributed by atoms with Gasteiger partial charge in [-0.25, -0.2) is 0 Å². The normalized spacial score (nSPS) is 10.8. The molecule has 0 aliphatic heterocycles. The van der Waals surface area contributed by atoms with Gasteiger partial charge in [0, 0.05) is 12.1 Å². The third-order valence-electron chi connectivity index (χ3n) is 4.06. The van der Waals surface area contributed by atoms with Gasteiger partial charge in [-0.15, -0.1) is 0 Å². The van der Waals surface area contributed by atoms with Crippen molar-refractivity contribution < 1.29 is 9.84 Å². The zero-order valence-electron chi connectivity index (χ0n) is 14.5. The number of rotatable bonds is 8. The lowest BCUT2D eigenvalue weighted by atomic mass is 9.99. The highest BCUT2D eigenvalue weighted by Gasteiger charge is 2.10. The number of hydrogen-bond acceptors (Lipinski definition) is 3. The van der Waals surface area contributed by atoms with Gasteiger partial charge in [0.15, 0.2) is 0 Å². The number of aromatic hydroxyl groups is 1. The molecule has 0 heterocycles. The van der Waals surface area contributed by atoms with Crippen molar-refractivity contribution in [2.45, 2.75) is 13.8 Å². The van der Waals surface area contributed by atoms with E-state index < -0.39 is 0 Å². The Morgan fingerprint density at radius 3 is 1.92 bits per heavy atom. The molecule has 5 heteroatoms. The van der Waals surface area contributed by atoms with Crippen LogP contribution in [0.25, 0.3) is 5.57 Å². The molecule has 0 aromatic heterocycles. The molecular weight excluding hydrogens is 357 g/mol. The summed E-state index contributed by atoms with van der Waals surface area (Å²) in [6.45, 7) is 7.89. The molecule has 2 aromatic carbocycles. The number of phenolic OH excluding ortho intramolecular Hbond substituents is 1. The van der Waals surface area contributed by atoms with Crippen LogP contribution in [0.3, 0.4) is 0 Å². The highest BCUT2D eigenvalue weighted by atomic mass is 35.5. The molecule has 0 amide bonds. The summed E-state index contributed by atoms with van der Waals surface area (Å²) in [5.74, 6) is 1.01. The molecular formula is C20H23Cl2NO2. The standard InChI is InChI=1S/C20H23Cl2NO2/c1-3-23(4-2)13-14-25-18-11-7-16(8-12-18)19(20(21)22)15-5-9-17(24)10-6-15/h5-12,24H,3-4,13-14H2,1-2H3. The van der Waals surface area contributed by atoms with Crippen molar-refractivity contribution in [2.75, 3.05) is 26.2 Å². The fourth-order valence-electron chi connectivity index (χ4n) is 2.56. The summed E-state index contributed by atoms with van der Waals surface area (Å²) in [5, 5.41) is 9.44. The largest absolute Gasteiger partial charge is 0.508 e. The SMILES string of the molecule is CCN(CC)CCOc1ccc(C(=C(Cl)Cl)c2ccc(O)cc2)cc1. The van der Waals surface area contributed by atoms with Crippen molar-refractivity contribution in [3.63, 3.8) is 0 Å². The Morgan fingerprint density at radius 1 is 0.920 bits per heavy atom. The molecule has 0 atom stereocenters. The van der Waals surface area contributed by atoms with E-state index in [1.807, 2.05) is 24.3 Å². The van der Waals surface area contributed by atoms with E-state index in [2.05, 4.69) is 18.7 Å². The summed E-state index contributed by atoms with van der Waals surface area (Å²) in [6.07, 6.45) is 0. The van der Waals surface area contributed by atoms with E-state index in [1.165, 1.54) is 0 Å². The Kier molecular flexibility index (Phi) is 7.63. The van der Waals surface area contributed by atoms with Gasteiger partial charge in [0.1, 0.15) is 22.6 Å². The van der Waals surface area contributed by atoms with Crippen LogP contribution in [0.2, 0.25) is 0 Å². The van der Waals surface area contributed by atoms with Crippen molar-refractivity contribution in [3.8, 4) is 11.5 Å². The lowest BCUT2D eigenvalue weighted by Gasteiger charge is -2.18. The minimum atomic E-state index is 0.181. The first kappa shape index (κ1) is 19.6. The maximum atomic E-state index is 9.44. The average molecular weight is 380 g/mol. The summed E-state index contributed by atoms with van der Waals surface area (Å²) in [6, 6.07) is 14.5. The van der Waals surface area contributed by atoms with Gasteiger partial charge in [-0.2, -0.15) is 0 Å². The molecule has 1 N–H and O–H groups in total. The summed E-state index contributed by atoms with van der Waals surface area (Å²) < 4.78 is 5.98. The second-order valence-corrected chi connectivity index (χ2v) is 6.53. The number of likely N-dealkylation sites (N-methyl/N-ethyl adjacent to an activating group) is 1. The van der Waals surface area contributed by atoms with Crippen LogP contribution in [-0.2, 0) is 0 Å². The van der Waals surface area contributed by atoms with Crippen LogP contribution < -0.4 is 4.74 Å². The molecule has 2 rings (SSSR count). The van der Waals surface area contributed by atoms with Crippen LogP contribution in [0.1, 0.15) is 25.0 Å². The summed E-state index contributed by atoms with van der Waals surface area (Å²) in [5.41, 5.74) is 2.45. The maximum Gasteiger partial charge on any atom is 0.119 e. The minimum Gasteiger partial charge on any atom is -0.508 e. The molecule has 0 bridgehead atoms. The Labute approximate surface area is 159 Å². The van der Waals surface area contributed by atoms with E-state index in [4.69, 9.17) is 27.9 Å². The van der Waals surface area contributed by atoms with Gasteiger partial charge in [-0.05, 0) is 48.5 Å². The molecule has 0 aliphatic carbocycles. The van der Waals surface area contributed by atoms with E-state index in [0.29, 0.717) is 6.61 Å². The summed E-state index contributed by atoms with van der Waals surface area (Å²) >= 11 is 12.2. The Balaban J connectivity index is 2.09. The Morgan fingerprint density at radius 2 is 1.44 bits per heavy atom. The zero-order chi connectivity index (χ0) is 18.2. The number of hydrogen-bond donors (Lipinski definition) is 1. The van der Waals surface area contributed by atoms with Crippen LogP contribution in [0.4, 0.5) is 0 Å². The van der Waals surface area contributed by atoms with E-state index in [9.17, 15) is 5.11 Å². The zero-order valence-corrected chi connectivity index (χ0v) is 16.0. The molecule has 0 saturated carbocycles. The highest BCUT2D eigenvalue weighted by Crippen LogP contribution is 2.32. The van der Waals surface area contributed by atoms with E-state index >= 15 is 0 Å². The van der Waals surface area contributed by atoms with Gasteiger partial charge in [0.25, 0.3) is 0 Å². The smallest absolute Gasteiger partial charge is 0.119 e. The first-order chi connectivity index (χ1) is 12.0. The number of ether oxygens (including phenoxy) is 1. The van der Waals surface area contributed by atoms with Crippen LogP contribution in [0.5, 0.6) is 11.5 Å². The maximum absolute atomic E-state index is 9.44. The molecule has 0 aliphatic rings. The quantitative estimate of drug-likeness (QED) is 0.674. The lowest BCUT2D eigenvalue weighted by molar-refractivity contribution is 0.223. The monoisotopic (exact) mass is 379 g/mol.